The number of oxazole rings is 1. The quantitative estimate of drug-likeness (QED) is 0.584. The number of carbonyl (C=O) groups excluding carboxylic acids is 1. The monoisotopic (exact) mass is 217 g/mol. The Balaban J connectivity index is 2.54. The lowest BCUT2D eigenvalue weighted by molar-refractivity contribution is 0.0519. The summed E-state index contributed by atoms with van der Waals surface area (Å²) in [5.41, 5.74) is 0.160. The average molecular weight is 217 g/mol. The van der Waals surface area contributed by atoms with Gasteiger partial charge in [-0.25, -0.2) is 4.79 Å². The first-order valence-corrected chi connectivity index (χ1v) is 5.12. The molecule has 0 amide bonds. The van der Waals surface area contributed by atoms with Crippen molar-refractivity contribution in [1.29, 1.82) is 0 Å². The number of rotatable bonds is 5. The molecule has 0 saturated heterocycles. The number of aliphatic hydroxyl groups is 1. The van der Waals surface area contributed by atoms with Gasteiger partial charge in [0.05, 0.1) is 13.2 Å². The molecule has 0 fully saturated rings. The molecule has 1 heterocycles. The molecule has 0 saturated carbocycles. The van der Waals surface area contributed by atoms with Crippen molar-refractivity contribution in [1.82, 2.24) is 4.98 Å². The van der Waals surface area contributed by atoms with Crippen LogP contribution >= 0.6 is 11.8 Å². The van der Waals surface area contributed by atoms with Crippen molar-refractivity contribution in [2.75, 3.05) is 19.0 Å². The van der Waals surface area contributed by atoms with Gasteiger partial charge in [-0.2, -0.15) is 4.98 Å². The van der Waals surface area contributed by atoms with Crippen molar-refractivity contribution < 1.29 is 19.1 Å². The fourth-order valence-corrected chi connectivity index (χ4v) is 1.30. The van der Waals surface area contributed by atoms with E-state index < -0.39 is 5.97 Å². The highest BCUT2D eigenvalue weighted by molar-refractivity contribution is 7.99. The van der Waals surface area contributed by atoms with Gasteiger partial charge in [-0.1, -0.05) is 11.8 Å². The predicted octanol–water partition coefficient (Wildman–Crippen LogP) is 0.936. The maximum atomic E-state index is 11.1. The van der Waals surface area contributed by atoms with Gasteiger partial charge in [0.2, 0.25) is 0 Å². The van der Waals surface area contributed by atoms with Crippen LogP contribution in [0.5, 0.6) is 0 Å². The largest absolute Gasteiger partial charge is 0.461 e. The minimum Gasteiger partial charge on any atom is -0.461 e. The fraction of sp³-hybridized carbons (Fsp3) is 0.500. The number of carbonyl (C=O) groups is 1. The molecule has 0 aliphatic carbocycles. The maximum Gasteiger partial charge on any atom is 0.360 e. The number of aromatic nitrogens is 1. The summed E-state index contributed by atoms with van der Waals surface area (Å²) in [6.45, 7) is 2.08. The van der Waals surface area contributed by atoms with E-state index in [0.29, 0.717) is 17.6 Å². The molecule has 14 heavy (non-hydrogen) atoms. The molecule has 0 unspecified atom stereocenters. The zero-order chi connectivity index (χ0) is 10.4. The molecule has 1 aromatic heterocycles. The maximum absolute atomic E-state index is 11.1. The Morgan fingerprint density at radius 3 is 3.21 bits per heavy atom. The highest BCUT2D eigenvalue weighted by atomic mass is 32.2. The van der Waals surface area contributed by atoms with E-state index in [9.17, 15) is 4.79 Å². The van der Waals surface area contributed by atoms with E-state index in [-0.39, 0.29) is 12.3 Å². The minimum atomic E-state index is -0.493. The smallest absolute Gasteiger partial charge is 0.360 e. The van der Waals surface area contributed by atoms with Crippen LogP contribution in [0.2, 0.25) is 0 Å². The van der Waals surface area contributed by atoms with Gasteiger partial charge in [0.1, 0.15) is 6.26 Å². The summed E-state index contributed by atoms with van der Waals surface area (Å²) < 4.78 is 9.70. The summed E-state index contributed by atoms with van der Waals surface area (Å²) >= 11 is 1.24. The van der Waals surface area contributed by atoms with Crippen LogP contribution in [0.3, 0.4) is 0 Å². The van der Waals surface area contributed by atoms with Crippen molar-refractivity contribution in [3.05, 3.63) is 12.0 Å². The first kappa shape index (κ1) is 11.1. The lowest BCUT2D eigenvalue weighted by Crippen LogP contribution is -2.04. The molecule has 0 atom stereocenters. The molecule has 1 rings (SSSR count). The summed E-state index contributed by atoms with van der Waals surface area (Å²) in [4.78, 5) is 15.0. The Labute approximate surface area is 85.5 Å². The molecule has 0 aliphatic rings. The molecule has 0 aromatic carbocycles. The predicted molar refractivity (Wildman–Crippen MR) is 50.3 cm³/mol. The average Bonchev–Trinajstić information content (AvgIpc) is 2.63. The summed E-state index contributed by atoms with van der Waals surface area (Å²) in [7, 11) is 0. The molecule has 0 spiro atoms. The molecule has 0 radical (unpaired) electrons. The molecule has 0 bridgehead atoms. The number of thioether (sulfide) groups is 1. The topological polar surface area (TPSA) is 72.6 Å². The highest BCUT2D eigenvalue weighted by Gasteiger charge is 2.12. The van der Waals surface area contributed by atoms with E-state index in [1.54, 1.807) is 6.92 Å². The second kappa shape index (κ2) is 5.66. The van der Waals surface area contributed by atoms with Crippen molar-refractivity contribution in [2.45, 2.75) is 12.1 Å². The summed E-state index contributed by atoms with van der Waals surface area (Å²) in [6.07, 6.45) is 1.25. The SMILES string of the molecule is CCOC(=O)c1coc(SCCO)n1. The van der Waals surface area contributed by atoms with Crippen LogP contribution in [0.4, 0.5) is 0 Å². The zero-order valence-corrected chi connectivity index (χ0v) is 8.54. The zero-order valence-electron chi connectivity index (χ0n) is 7.73. The van der Waals surface area contributed by atoms with Crippen LogP contribution in [0, 0.1) is 0 Å². The Bertz CT molecular complexity index is 299. The normalized spacial score (nSPS) is 10.1. The van der Waals surface area contributed by atoms with E-state index in [1.807, 2.05) is 0 Å². The van der Waals surface area contributed by atoms with Gasteiger partial charge in [-0.15, -0.1) is 0 Å². The molecule has 0 aliphatic heterocycles. The lowest BCUT2D eigenvalue weighted by atomic mass is 10.5. The third-order valence-corrected chi connectivity index (χ3v) is 2.11. The molecular weight excluding hydrogens is 206 g/mol. The summed E-state index contributed by atoms with van der Waals surface area (Å²) in [5, 5.41) is 8.91. The summed E-state index contributed by atoms with van der Waals surface area (Å²) in [6, 6.07) is 0. The second-order valence-electron chi connectivity index (χ2n) is 2.29. The molecule has 6 heteroatoms. The number of hydrogen-bond donors (Lipinski definition) is 1. The number of esters is 1. The number of hydrogen-bond acceptors (Lipinski definition) is 6. The third-order valence-electron chi connectivity index (χ3n) is 1.28. The van der Waals surface area contributed by atoms with E-state index in [4.69, 9.17) is 14.3 Å². The molecule has 1 N–H and O–H groups in total. The van der Waals surface area contributed by atoms with E-state index >= 15 is 0 Å². The van der Waals surface area contributed by atoms with Crippen LogP contribution in [0.1, 0.15) is 17.4 Å². The number of ether oxygens (including phenoxy) is 1. The minimum absolute atomic E-state index is 0.0434. The van der Waals surface area contributed by atoms with Crippen molar-refractivity contribution >= 4 is 17.7 Å². The van der Waals surface area contributed by atoms with Crippen LogP contribution in [0.15, 0.2) is 15.9 Å². The van der Waals surface area contributed by atoms with Crippen molar-refractivity contribution in [2.24, 2.45) is 0 Å². The van der Waals surface area contributed by atoms with Gasteiger partial charge < -0.3 is 14.3 Å². The van der Waals surface area contributed by atoms with Crippen LogP contribution in [0.25, 0.3) is 0 Å². The molecule has 78 valence electrons. The fourth-order valence-electron chi connectivity index (χ4n) is 0.755. The number of aliphatic hydroxyl groups excluding tert-OH is 1. The summed E-state index contributed by atoms with van der Waals surface area (Å²) in [5.74, 6) is -0.00456. The Kier molecular flexibility index (Phi) is 4.48. The standard InChI is InChI=1S/C8H11NO4S/c1-2-12-7(11)6-5-13-8(9-6)14-4-3-10/h5,10H,2-4H2,1H3. The van der Waals surface area contributed by atoms with Gasteiger partial charge in [0.15, 0.2) is 5.69 Å². The van der Waals surface area contributed by atoms with Gasteiger partial charge in [-0.05, 0) is 6.92 Å². The van der Waals surface area contributed by atoms with Gasteiger partial charge in [-0.3, -0.25) is 0 Å². The first-order valence-electron chi connectivity index (χ1n) is 4.14. The number of nitrogens with zero attached hydrogens (tertiary/aromatic N) is 1. The lowest BCUT2D eigenvalue weighted by Gasteiger charge is -1.94. The van der Waals surface area contributed by atoms with Crippen molar-refractivity contribution in [3.63, 3.8) is 0 Å². The molecule has 5 nitrogen and oxygen atoms in total. The highest BCUT2D eigenvalue weighted by Crippen LogP contribution is 2.16. The molecular formula is C8H11NO4S. The van der Waals surface area contributed by atoms with Crippen molar-refractivity contribution in [3.8, 4) is 0 Å². The van der Waals surface area contributed by atoms with Gasteiger partial charge in [0.25, 0.3) is 5.22 Å². The van der Waals surface area contributed by atoms with Gasteiger partial charge >= 0.3 is 5.97 Å². The first-order chi connectivity index (χ1) is 6.77. The Hall–Kier alpha value is -1.01. The van der Waals surface area contributed by atoms with E-state index in [1.165, 1.54) is 18.0 Å². The second-order valence-corrected chi connectivity index (χ2v) is 3.34. The van der Waals surface area contributed by atoms with Crippen LogP contribution in [-0.4, -0.2) is 35.0 Å². The third kappa shape index (κ3) is 3.04. The van der Waals surface area contributed by atoms with Gasteiger partial charge in [0, 0.05) is 5.75 Å². The Morgan fingerprint density at radius 2 is 2.57 bits per heavy atom. The van der Waals surface area contributed by atoms with E-state index in [2.05, 4.69) is 4.98 Å². The van der Waals surface area contributed by atoms with E-state index in [0.717, 1.165) is 0 Å². The van der Waals surface area contributed by atoms with Crippen LogP contribution < -0.4 is 0 Å². The van der Waals surface area contributed by atoms with Crippen LogP contribution in [-0.2, 0) is 4.74 Å². The Morgan fingerprint density at radius 1 is 1.79 bits per heavy atom. The molecule has 1 aromatic rings.